The molecule has 1 amide bonds. The molecular weight excluding hydrogens is 639 g/mol. The molecule has 2 atom stereocenters. The van der Waals surface area contributed by atoms with E-state index in [2.05, 4.69) is 19.2 Å². The molecule has 0 spiro atoms. The van der Waals surface area contributed by atoms with E-state index in [1.165, 1.54) is 225 Å². The fraction of sp³-hybridized carbons (Fsp3) is 0.938. The maximum Gasteiger partial charge on any atom is 0.220 e. The molecule has 310 valence electrons. The van der Waals surface area contributed by atoms with Crippen LogP contribution in [0.2, 0.25) is 0 Å². The molecule has 4 heteroatoms. The van der Waals surface area contributed by atoms with Crippen molar-refractivity contribution in [1.29, 1.82) is 0 Å². The van der Waals surface area contributed by atoms with Crippen LogP contribution in [0.1, 0.15) is 271 Å². The van der Waals surface area contributed by atoms with Gasteiger partial charge in [-0.2, -0.15) is 0 Å². The molecular formula is C48H95NO3. The van der Waals surface area contributed by atoms with Crippen molar-refractivity contribution < 1.29 is 15.0 Å². The molecule has 0 aromatic heterocycles. The quantitative estimate of drug-likeness (QED) is 0.0431. The van der Waals surface area contributed by atoms with Gasteiger partial charge >= 0.3 is 0 Å². The number of carbonyl (C=O) groups is 1. The number of unbranched alkanes of at least 4 members (excludes halogenated alkanes) is 37. The third-order valence-electron chi connectivity index (χ3n) is 11.3. The van der Waals surface area contributed by atoms with E-state index in [-0.39, 0.29) is 12.5 Å². The number of allylic oxidation sites excluding steroid dienone is 1. The number of aliphatic hydroxyl groups is 2. The van der Waals surface area contributed by atoms with Crippen molar-refractivity contribution >= 4 is 5.91 Å². The van der Waals surface area contributed by atoms with Gasteiger partial charge in [-0.05, 0) is 19.3 Å². The second-order valence-corrected chi connectivity index (χ2v) is 16.5. The molecule has 0 saturated carbocycles. The minimum absolute atomic E-state index is 0.0598. The Morgan fingerprint density at radius 1 is 0.442 bits per heavy atom. The third-order valence-corrected chi connectivity index (χ3v) is 11.3. The van der Waals surface area contributed by atoms with Gasteiger partial charge in [-0.3, -0.25) is 4.79 Å². The SMILES string of the molecule is CCCCCCCCCCCCCCCCCCCCCCCCCC/C=C/C(O)C(CO)NC(=O)CCCCCCCCCCCCCCCC. The molecule has 0 saturated heterocycles. The van der Waals surface area contributed by atoms with E-state index in [0.29, 0.717) is 6.42 Å². The first-order valence-electron chi connectivity index (χ1n) is 23.9. The maximum absolute atomic E-state index is 12.4. The minimum atomic E-state index is -0.834. The zero-order chi connectivity index (χ0) is 37.8. The molecule has 0 radical (unpaired) electrons. The van der Waals surface area contributed by atoms with Crippen molar-refractivity contribution in [1.82, 2.24) is 5.32 Å². The predicted octanol–water partition coefficient (Wildman–Crippen LogP) is 15.0. The van der Waals surface area contributed by atoms with Crippen LogP contribution < -0.4 is 5.32 Å². The normalized spacial score (nSPS) is 12.9. The molecule has 52 heavy (non-hydrogen) atoms. The first-order valence-corrected chi connectivity index (χ1v) is 23.9. The van der Waals surface area contributed by atoms with Crippen molar-refractivity contribution in [3.05, 3.63) is 12.2 Å². The predicted molar refractivity (Wildman–Crippen MR) is 230 cm³/mol. The molecule has 2 unspecified atom stereocenters. The topological polar surface area (TPSA) is 69.6 Å². The summed E-state index contributed by atoms with van der Waals surface area (Å²) in [6.07, 6.45) is 56.3. The van der Waals surface area contributed by atoms with E-state index < -0.39 is 12.1 Å². The molecule has 0 aliphatic carbocycles. The number of rotatable bonds is 44. The molecule has 0 aliphatic rings. The lowest BCUT2D eigenvalue weighted by atomic mass is 10.0. The highest BCUT2D eigenvalue weighted by molar-refractivity contribution is 5.76. The Kier molecular flexibility index (Phi) is 43.8. The van der Waals surface area contributed by atoms with Crippen LogP contribution in [0.4, 0.5) is 0 Å². The second-order valence-electron chi connectivity index (χ2n) is 16.5. The molecule has 0 aromatic rings. The number of nitrogens with one attached hydrogen (secondary N) is 1. The lowest BCUT2D eigenvalue weighted by molar-refractivity contribution is -0.123. The fourth-order valence-electron chi connectivity index (χ4n) is 7.59. The van der Waals surface area contributed by atoms with Gasteiger partial charge in [0.1, 0.15) is 0 Å². The summed E-state index contributed by atoms with van der Waals surface area (Å²) < 4.78 is 0. The van der Waals surface area contributed by atoms with Gasteiger partial charge in [0.15, 0.2) is 0 Å². The average Bonchev–Trinajstić information content (AvgIpc) is 3.15. The van der Waals surface area contributed by atoms with Crippen molar-refractivity contribution in [2.45, 2.75) is 283 Å². The molecule has 0 aliphatic heterocycles. The molecule has 0 rings (SSSR count). The fourth-order valence-corrected chi connectivity index (χ4v) is 7.59. The monoisotopic (exact) mass is 734 g/mol. The van der Waals surface area contributed by atoms with E-state index in [1.54, 1.807) is 6.08 Å². The van der Waals surface area contributed by atoms with Crippen molar-refractivity contribution in [3.63, 3.8) is 0 Å². The number of amides is 1. The van der Waals surface area contributed by atoms with E-state index in [4.69, 9.17) is 0 Å². The summed E-state index contributed by atoms with van der Waals surface area (Å²) in [5, 5.41) is 23.0. The van der Waals surface area contributed by atoms with Gasteiger partial charge in [-0.25, -0.2) is 0 Å². The zero-order valence-corrected chi connectivity index (χ0v) is 35.6. The Morgan fingerprint density at radius 3 is 1.00 bits per heavy atom. The largest absolute Gasteiger partial charge is 0.394 e. The van der Waals surface area contributed by atoms with Crippen LogP contribution in [0.25, 0.3) is 0 Å². The lowest BCUT2D eigenvalue weighted by Gasteiger charge is -2.20. The van der Waals surface area contributed by atoms with E-state index in [0.717, 1.165) is 25.7 Å². The summed E-state index contributed by atoms with van der Waals surface area (Å²) in [6.45, 7) is 4.33. The van der Waals surface area contributed by atoms with Crippen molar-refractivity contribution in [2.24, 2.45) is 0 Å². The highest BCUT2D eigenvalue weighted by atomic mass is 16.3. The Balaban J connectivity index is 3.47. The van der Waals surface area contributed by atoms with E-state index in [9.17, 15) is 15.0 Å². The smallest absolute Gasteiger partial charge is 0.220 e. The van der Waals surface area contributed by atoms with Gasteiger partial charge in [0, 0.05) is 6.42 Å². The van der Waals surface area contributed by atoms with Crippen LogP contribution in [-0.2, 0) is 4.79 Å². The van der Waals surface area contributed by atoms with Crippen LogP contribution in [-0.4, -0.2) is 34.9 Å². The Hall–Kier alpha value is -0.870. The standard InChI is InChI=1S/C48H95NO3/c1-3-5-7-9-11-13-15-17-19-20-21-22-23-24-25-26-27-28-29-30-31-33-35-37-39-41-43-47(51)46(45-50)49-48(52)44-42-40-38-36-34-32-18-16-14-12-10-8-6-4-2/h41,43,46-47,50-51H,3-40,42,44-45H2,1-2H3,(H,49,52)/b43-41+. The molecule has 0 aromatic carbocycles. The molecule has 0 heterocycles. The maximum atomic E-state index is 12.4. The lowest BCUT2D eigenvalue weighted by Crippen LogP contribution is -2.45. The van der Waals surface area contributed by atoms with Gasteiger partial charge < -0.3 is 15.5 Å². The number of hydrogen-bond acceptors (Lipinski definition) is 3. The van der Waals surface area contributed by atoms with Gasteiger partial charge in [0.05, 0.1) is 18.8 Å². The van der Waals surface area contributed by atoms with Crippen LogP contribution in [0.3, 0.4) is 0 Å². The first kappa shape index (κ1) is 51.1. The van der Waals surface area contributed by atoms with Crippen molar-refractivity contribution in [2.75, 3.05) is 6.61 Å². The van der Waals surface area contributed by atoms with Crippen LogP contribution in [0.15, 0.2) is 12.2 Å². The first-order chi connectivity index (χ1) is 25.7. The van der Waals surface area contributed by atoms with Crippen LogP contribution in [0, 0.1) is 0 Å². The van der Waals surface area contributed by atoms with Gasteiger partial charge in [0.2, 0.25) is 5.91 Å². The summed E-state index contributed by atoms with van der Waals surface area (Å²) in [5.41, 5.74) is 0. The van der Waals surface area contributed by atoms with Gasteiger partial charge in [0.25, 0.3) is 0 Å². The van der Waals surface area contributed by atoms with Crippen LogP contribution in [0.5, 0.6) is 0 Å². The summed E-state index contributed by atoms with van der Waals surface area (Å²) in [7, 11) is 0. The summed E-state index contributed by atoms with van der Waals surface area (Å²) in [6, 6.07) is -0.616. The summed E-state index contributed by atoms with van der Waals surface area (Å²) >= 11 is 0. The minimum Gasteiger partial charge on any atom is -0.394 e. The van der Waals surface area contributed by atoms with Crippen LogP contribution >= 0.6 is 0 Å². The summed E-state index contributed by atoms with van der Waals surface area (Å²) in [5.74, 6) is -0.0598. The Bertz CT molecular complexity index is 710. The highest BCUT2D eigenvalue weighted by Gasteiger charge is 2.18. The Labute approximate surface area is 327 Å². The van der Waals surface area contributed by atoms with E-state index >= 15 is 0 Å². The Morgan fingerprint density at radius 2 is 0.712 bits per heavy atom. The number of carbonyl (C=O) groups excluding carboxylic acids is 1. The molecule has 4 nitrogen and oxygen atoms in total. The summed E-state index contributed by atoms with van der Waals surface area (Å²) in [4.78, 5) is 12.4. The van der Waals surface area contributed by atoms with Gasteiger partial charge in [-0.15, -0.1) is 0 Å². The number of hydrogen-bond donors (Lipinski definition) is 3. The second kappa shape index (κ2) is 44.5. The highest BCUT2D eigenvalue weighted by Crippen LogP contribution is 2.17. The molecule has 3 N–H and O–H groups in total. The molecule has 0 bridgehead atoms. The third kappa shape index (κ3) is 40.3. The van der Waals surface area contributed by atoms with Crippen molar-refractivity contribution in [3.8, 4) is 0 Å². The van der Waals surface area contributed by atoms with E-state index in [1.807, 2.05) is 6.08 Å². The number of aliphatic hydroxyl groups excluding tert-OH is 2. The molecule has 0 fully saturated rings. The van der Waals surface area contributed by atoms with Gasteiger partial charge in [-0.1, -0.05) is 257 Å². The average molecular weight is 734 g/mol. The zero-order valence-electron chi connectivity index (χ0n) is 35.6.